The molecule has 5 heteroatoms. The van der Waals surface area contributed by atoms with E-state index in [2.05, 4.69) is 5.32 Å². The van der Waals surface area contributed by atoms with E-state index in [-0.39, 0.29) is 11.9 Å². The highest BCUT2D eigenvalue weighted by Crippen LogP contribution is 2.34. The van der Waals surface area contributed by atoms with E-state index >= 15 is 0 Å². The molecule has 0 atom stereocenters. The quantitative estimate of drug-likeness (QED) is 0.851. The highest BCUT2D eigenvalue weighted by atomic mass is 16.2. The van der Waals surface area contributed by atoms with E-state index in [1.54, 1.807) is 11.9 Å². The Labute approximate surface area is 124 Å². The van der Waals surface area contributed by atoms with E-state index in [0.717, 1.165) is 18.7 Å². The third kappa shape index (κ3) is 2.31. The van der Waals surface area contributed by atoms with E-state index < -0.39 is 5.54 Å². The van der Waals surface area contributed by atoms with E-state index in [4.69, 9.17) is 0 Å². The fourth-order valence-electron chi connectivity index (χ4n) is 3.32. The van der Waals surface area contributed by atoms with Gasteiger partial charge in [-0.2, -0.15) is 0 Å². The Morgan fingerprint density at radius 2 is 1.81 bits per heavy atom. The molecule has 0 bridgehead atoms. The lowest BCUT2D eigenvalue weighted by Gasteiger charge is -2.36. The Kier molecular flexibility index (Phi) is 3.68. The second kappa shape index (κ2) is 5.48. The lowest BCUT2D eigenvalue weighted by atomic mass is 9.87. The summed E-state index contributed by atoms with van der Waals surface area (Å²) < 4.78 is 0. The molecule has 0 aromatic heterocycles. The number of hydrogen-bond acceptors (Lipinski definition) is 3. The third-order valence-electron chi connectivity index (χ3n) is 4.70. The molecule has 1 spiro atoms. The summed E-state index contributed by atoms with van der Waals surface area (Å²) in [6, 6.07) is 9.81. The van der Waals surface area contributed by atoms with Gasteiger partial charge in [-0.15, -0.1) is 0 Å². The van der Waals surface area contributed by atoms with Gasteiger partial charge >= 0.3 is 6.03 Å². The Morgan fingerprint density at radius 3 is 2.48 bits per heavy atom. The Balaban J connectivity index is 1.74. The molecule has 0 saturated carbocycles. The normalized spacial score (nSPS) is 21.4. The number of imide groups is 1. The van der Waals surface area contributed by atoms with Crippen LogP contribution in [0.2, 0.25) is 0 Å². The molecule has 2 fully saturated rings. The number of urea groups is 1. The van der Waals surface area contributed by atoms with Gasteiger partial charge in [0.25, 0.3) is 5.91 Å². The van der Waals surface area contributed by atoms with Crippen LogP contribution in [-0.2, 0) is 11.2 Å². The van der Waals surface area contributed by atoms with Crippen LogP contribution in [-0.4, -0.2) is 54.0 Å². The van der Waals surface area contributed by atoms with E-state index in [9.17, 15) is 9.59 Å². The zero-order valence-electron chi connectivity index (χ0n) is 12.3. The molecule has 5 nitrogen and oxygen atoms in total. The van der Waals surface area contributed by atoms with Gasteiger partial charge in [-0.1, -0.05) is 30.3 Å². The fourth-order valence-corrected chi connectivity index (χ4v) is 3.32. The predicted octanol–water partition coefficient (Wildman–Crippen LogP) is 1.25. The van der Waals surface area contributed by atoms with Gasteiger partial charge in [0.05, 0.1) is 0 Å². The van der Waals surface area contributed by atoms with Gasteiger partial charge in [0.15, 0.2) is 0 Å². The van der Waals surface area contributed by atoms with Crippen molar-refractivity contribution < 1.29 is 9.59 Å². The average molecular weight is 287 g/mol. The van der Waals surface area contributed by atoms with Crippen LogP contribution in [0, 0.1) is 0 Å². The van der Waals surface area contributed by atoms with Crippen LogP contribution in [0.1, 0.15) is 18.4 Å². The smallest absolute Gasteiger partial charge is 0.317 e. The zero-order chi connectivity index (χ0) is 14.9. The number of benzene rings is 1. The largest absolute Gasteiger partial charge is 0.327 e. The zero-order valence-corrected chi connectivity index (χ0v) is 12.3. The Morgan fingerprint density at radius 1 is 1.14 bits per heavy atom. The van der Waals surface area contributed by atoms with Crippen LogP contribution in [0.3, 0.4) is 0 Å². The number of hydrogen-bond donors (Lipinski definition) is 1. The highest BCUT2D eigenvalue weighted by molar-refractivity contribution is 6.07. The summed E-state index contributed by atoms with van der Waals surface area (Å²) in [7, 11) is 1.76. The van der Waals surface area contributed by atoms with E-state index in [1.807, 2.05) is 30.3 Å². The number of nitrogens with one attached hydrogen (secondary N) is 1. The van der Waals surface area contributed by atoms with E-state index in [0.29, 0.717) is 25.8 Å². The summed E-state index contributed by atoms with van der Waals surface area (Å²) in [4.78, 5) is 28.3. The summed E-state index contributed by atoms with van der Waals surface area (Å²) in [5.74, 6) is -0.0209. The van der Waals surface area contributed by atoms with Crippen LogP contribution >= 0.6 is 0 Å². The van der Waals surface area contributed by atoms with Crippen molar-refractivity contribution in [3.8, 4) is 0 Å². The standard InChI is InChI=1S/C16H21N3O2/c1-18-15(21)19(12-7-13-5-3-2-4-6-13)14(20)16(18)8-10-17-11-9-16/h2-6,17H,7-12H2,1H3. The van der Waals surface area contributed by atoms with Crippen LogP contribution in [0.25, 0.3) is 0 Å². The van der Waals surface area contributed by atoms with Gasteiger partial charge in [0, 0.05) is 13.6 Å². The van der Waals surface area contributed by atoms with Crippen LogP contribution in [0.5, 0.6) is 0 Å². The van der Waals surface area contributed by atoms with Crippen LogP contribution in [0.4, 0.5) is 4.79 Å². The Hall–Kier alpha value is -1.88. The first-order valence-electron chi connectivity index (χ1n) is 7.49. The lowest BCUT2D eigenvalue weighted by Crippen LogP contribution is -2.54. The van der Waals surface area contributed by atoms with Gasteiger partial charge in [0.1, 0.15) is 5.54 Å². The SMILES string of the molecule is CN1C(=O)N(CCc2ccccc2)C(=O)C12CCNCC2. The minimum absolute atomic E-state index is 0.0209. The number of piperidine rings is 1. The number of likely N-dealkylation sites (N-methyl/N-ethyl adjacent to an activating group) is 1. The molecule has 3 amide bonds. The molecule has 2 aliphatic rings. The summed E-state index contributed by atoms with van der Waals surface area (Å²) in [5, 5.41) is 3.26. The molecule has 1 N–H and O–H groups in total. The maximum absolute atomic E-state index is 12.8. The molecule has 0 aliphatic carbocycles. The predicted molar refractivity (Wildman–Crippen MR) is 79.9 cm³/mol. The second-order valence-electron chi connectivity index (χ2n) is 5.82. The first kappa shape index (κ1) is 14.1. The third-order valence-corrected chi connectivity index (χ3v) is 4.70. The average Bonchev–Trinajstić information content (AvgIpc) is 2.70. The maximum atomic E-state index is 12.8. The summed E-state index contributed by atoms with van der Waals surface area (Å²) in [6.07, 6.45) is 2.12. The number of nitrogens with zero attached hydrogens (tertiary/aromatic N) is 2. The van der Waals surface area contributed by atoms with Gasteiger partial charge < -0.3 is 10.2 Å². The van der Waals surface area contributed by atoms with Gasteiger partial charge in [-0.25, -0.2) is 4.79 Å². The number of carbonyl (C=O) groups is 2. The van der Waals surface area contributed by atoms with Crippen molar-refractivity contribution in [1.29, 1.82) is 0 Å². The monoisotopic (exact) mass is 287 g/mol. The molecule has 112 valence electrons. The van der Waals surface area contributed by atoms with Gasteiger partial charge in [-0.05, 0) is 37.9 Å². The molecule has 2 aliphatic heterocycles. The molecule has 2 saturated heterocycles. The molecule has 0 unspecified atom stereocenters. The van der Waals surface area contributed by atoms with E-state index in [1.165, 1.54) is 4.90 Å². The van der Waals surface area contributed by atoms with Crippen LogP contribution in [0.15, 0.2) is 30.3 Å². The molecule has 3 rings (SSSR count). The minimum atomic E-state index is -0.612. The molecule has 1 aromatic rings. The van der Waals surface area contributed by atoms with Gasteiger partial charge in [0.2, 0.25) is 0 Å². The van der Waals surface area contributed by atoms with Crippen molar-refractivity contribution in [1.82, 2.24) is 15.1 Å². The van der Waals surface area contributed by atoms with Crippen molar-refractivity contribution in [2.45, 2.75) is 24.8 Å². The van der Waals surface area contributed by atoms with Crippen molar-refractivity contribution in [2.24, 2.45) is 0 Å². The van der Waals surface area contributed by atoms with Crippen molar-refractivity contribution >= 4 is 11.9 Å². The topological polar surface area (TPSA) is 52.7 Å². The molecular weight excluding hydrogens is 266 g/mol. The van der Waals surface area contributed by atoms with Crippen LogP contribution < -0.4 is 5.32 Å². The first-order valence-corrected chi connectivity index (χ1v) is 7.49. The molecule has 0 radical (unpaired) electrons. The number of carbonyl (C=O) groups excluding carboxylic acids is 2. The molecule has 2 heterocycles. The summed E-state index contributed by atoms with van der Waals surface area (Å²) in [5.41, 5.74) is 0.533. The number of rotatable bonds is 3. The molecular formula is C16H21N3O2. The highest BCUT2D eigenvalue weighted by Gasteiger charge is 2.55. The maximum Gasteiger partial charge on any atom is 0.327 e. The van der Waals surface area contributed by atoms with Crippen molar-refractivity contribution in [3.05, 3.63) is 35.9 Å². The fraction of sp³-hybridized carbons (Fsp3) is 0.500. The number of amides is 3. The first-order chi connectivity index (χ1) is 10.1. The molecule has 21 heavy (non-hydrogen) atoms. The minimum Gasteiger partial charge on any atom is -0.317 e. The summed E-state index contributed by atoms with van der Waals surface area (Å²) >= 11 is 0. The second-order valence-corrected chi connectivity index (χ2v) is 5.82. The Bertz CT molecular complexity index is 538. The van der Waals surface area contributed by atoms with Crippen molar-refractivity contribution in [3.63, 3.8) is 0 Å². The lowest BCUT2D eigenvalue weighted by molar-refractivity contribution is -0.134. The van der Waals surface area contributed by atoms with Gasteiger partial charge in [-0.3, -0.25) is 9.69 Å². The summed E-state index contributed by atoms with van der Waals surface area (Å²) in [6.45, 7) is 2.03. The van der Waals surface area contributed by atoms with Crippen molar-refractivity contribution in [2.75, 3.05) is 26.7 Å². The molecule has 1 aromatic carbocycles.